The van der Waals surface area contributed by atoms with Crippen LogP contribution in [0.2, 0.25) is 0 Å². The largest absolute Gasteiger partial charge is 0.488 e. The van der Waals surface area contributed by atoms with Crippen molar-refractivity contribution in [1.29, 1.82) is 0 Å². The van der Waals surface area contributed by atoms with Gasteiger partial charge in [0, 0.05) is 17.2 Å². The Morgan fingerprint density at radius 2 is 1.87 bits per heavy atom. The number of carbonyl (C=O) groups excluding carboxylic acids is 1. The van der Waals surface area contributed by atoms with Gasteiger partial charge in [0.15, 0.2) is 0 Å². The predicted octanol–water partition coefficient (Wildman–Crippen LogP) is 2.69. The van der Waals surface area contributed by atoms with Crippen molar-refractivity contribution in [2.75, 3.05) is 0 Å². The first kappa shape index (κ1) is 16.3. The molecule has 0 aliphatic heterocycles. The number of carbonyl (C=O) groups is 1. The Kier molecular flexibility index (Phi) is 5.19. The van der Waals surface area contributed by atoms with Crippen LogP contribution in [0.25, 0.3) is 0 Å². The smallest absolute Gasteiger partial charge is 0.332 e. The highest BCUT2D eigenvalue weighted by Gasteiger charge is 2.08. The standard InChI is InChI=1S/C15H12F3N3O2/c16-11-3-4-13(18)10(5-11)8-23-14-6-12(17)2-1-9(14)7-20-21-15(19)22/h1-7H,8H2,(H3,19,21,22). The number of primary amides is 1. The normalized spacial score (nSPS) is 10.7. The molecule has 0 saturated heterocycles. The van der Waals surface area contributed by atoms with E-state index in [2.05, 4.69) is 5.10 Å². The SMILES string of the molecule is NC(=O)NN=Cc1ccc(F)cc1OCc1cc(F)ccc1F. The zero-order valence-corrected chi connectivity index (χ0v) is 11.7. The maximum atomic E-state index is 13.5. The lowest BCUT2D eigenvalue weighted by Crippen LogP contribution is -2.24. The number of hydrogen-bond acceptors (Lipinski definition) is 3. The van der Waals surface area contributed by atoms with Gasteiger partial charge in [-0.15, -0.1) is 0 Å². The Morgan fingerprint density at radius 1 is 1.17 bits per heavy atom. The van der Waals surface area contributed by atoms with Crippen molar-refractivity contribution in [3.05, 3.63) is 65.0 Å². The van der Waals surface area contributed by atoms with Gasteiger partial charge in [0.05, 0.1) is 6.21 Å². The summed E-state index contributed by atoms with van der Waals surface area (Å²) >= 11 is 0. The summed E-state index contributed by atoms with van der Waals surface area (Å²) in [5.41, 5.74) is 7.12. The lowest BCUT2D eigenvalue weighted by Gasteiger charge is -2.10. The van der Waals surface area contributed by atoms with Gasteiger partial charge in [-0.05, 0) is 30.3 Å². The highest BCUT2D eigenvalue weighted by molar-refractivity contribution is 5.84. The van der Waals surface area contributed by atoms with Crippen LogP contribution in [-0.4, -0.2) is 12.2 Å². The fraction of sp³-hybridized carbons (Fsp3) is 0.0667. The second-order valence-corrected chi connectivity index (χ2v) is 4.44. The number of urea groups is 1. The Balaban J connectivity index is 2.18. The maximum Gasteiger partial charge on any atom is 0.332 e. The van der Waals surface area contributed by atoms with Crippen LogP contribution >= 0.6 is 0 Å². The van der Waals surface area contributed by atoms with Gasteiger partial charge >= 0.3 is 6.03 Å². The number of nitrogens with one attached hydrogen (secondary N) is 1. The number of amides is 2. The first-order chi connectivity index (χ1) is 11.0. The molecule has 0 radical (unpaired) electrons. The number of nitrogens with zero attached hydrogens (tertiary/aromatic N) is 1. The third kappa shape index (κ3) is 4.73. The average molecular weight is 323 g/mol. The third-order valence-electron chi connectivity index (χ3n) is 2.74. The van der Waals surface area contributed by atoms with Crippen LogP contribution in [-0.2, 0) is 6.61 Å². The van der Waals surface area contributed by atoms with E-state index in [4.69, 9.17) is 10.5 Å². The van der Waals surface area contributed by atoms with Crippen molar-refractivity contribution in [1.82, 2.24) is 5.43 Å². The summed E-state index contributed by atoms with van der Waals surface area (Å²) in [6.45, 7) is -0.308. The minimum Gasteiger partial charge on any atom is -0.488 e. The van der Waals surface area contributed by atoms with Gasteiger partial charge in [-0.2, -0.15) is 5.10 Å². The van der Waals surface area contributed by atoms with Crippen molar-refractivity contribution < 1.29 is 22.7 Å². The van der Waals surface area contributed by atoms with Crippen LogP contribution in [0.5, 0.6) is 5.75 Å². The van der Waals surface area contributed by atoms with Crippen molar-refractivity contribution in [2.24, 2.45) is 10.8 Å². The highest BCUT2D eigenvalue weighted by Crippen LogP contribution is 2.21. The Hall–Kier alpha value is -3.03. The molecule has 0 aliphatic carbocycles. The van der Waals surface area contributed by atoms with E-state index >= 15 is 0 Å². The molecule has 0 spiro atoms. The Bertz CT molecular complexity index is 751. The molecule has 0 unspecified atom stereocenters. The summed E-state index contributed by atoms with van der Waals surface area (Å²) in [5, 5.41) is 3.53. The number of rotatable bonds is 5. The molecule has 2 rings (SSSR count). The van der Waals surface area contributed by atoms with Crippen molar-refractivity contribution >= 4 is 12.2 Å². The molecule has 2 amide bonds. The van der Waals surface area contributed by atoms with Crippen LogP contribution in [0.15, 0.2) is 41.5 Å². The zero-order chi connectivity index (χ0) is 16.8. The molecule has 2 aromatic rings. The first-order valence-electron chi connectivity index (χ1n) is 6.40. The molecular formula is C15H12F3N3O2. The minimum atomic E-state index is -0.868. The molecule has 3 N–H and O–H groups in total. The summed E-state index contributed by atoms with van der Waals surface area (Å²) in [5.74, 6) is -1.80. The Labute approximate surface area is 129 Å². The first-order valence-corrected chi connectivity index (χ1v) is 6.40. The predicted molar refractivity (Wildman–Crippen MR) is 77.4 cm³/mol. The molecule has 0 saturated carbocycles. The fourth-order valence-corrected chi connectivity index (χ4v) is 1.71. The maximum absolute atomic E-state index is 13.5. The van der Waals surface area contributed by atoms with E-state index < -0.39 is 23.5 Å². The molecule has 120 valence electrons. The van der Waals surface area contributed by atoms with Crippen molar-refractivity contribution in [3.63, 3.8) is 0 Å². The van der Waals surface area contributed by atoms with E-state index in [1.165, 1.54) is 12.3 Å². The molecule has 8 heteroatoms. The molecule has 0 atom stereocenters. The van der Waals surface area contributed by atoms with Gasteiger partial charge < -0.3 is 10.5 Å². The van der Waals surface area contributed by atoms with Gasteiger partial charge in [0.25, 0.3) is 0 Å². The molecule has 23 heavy (non-hydrogen) atoms. The van der Waals surface area contributed by atoms with Crippen LogP contribution in [0, 0.1) is 17.5 Å². The summed E-state index contributed by atoms with van der Waals surface area (Å²) in [4.78, 5) is 10.5. The molecule has 0 aliphatic rings. The van der Waals surface area contributed by atoms with E-state index in [9.17, 15) is 18.0 Å². The van der Waals surface area contributed by atoms with E-state index in [1.807, 2.05) is 5.43 Å². The van der Waals surface area contributed by atoms with Crippen molar-refractivity contribution in [3.8, 4) is 5.75 Å². The number of ether oxygens (including phenoxy) is 1. The Morgan fingerprint density at radius 3 is 2.61 bits per heavy atom. The fourth-order valence-electron chi connectivity index (χ4n) is 1.71. The number of hydrazone groups is 1. The quantitative estimate of drug-likeness (QED) is 0.655. The molecule has 0 bridgehead atoms. The van der Waals surface area contributed by atoms with Gasteiger partial charge in [0.1, 0.15) is 29.8 Å². The van der Waals surface area contributed by atoms with Gasteiger partial charge in [-0.3, -0.25) is 0 Å². The van der Waals surface area contributed by atoms with Crippen LogP contribution in [0.4, 0.5) is 18.0 Å². The van der Waals surface area contributed by atoms with Gasteiger partial charge in [-0.1, -0.05) is 0 Å². The summed E-state index contributed by atoms with van der Waals surface area (Å²) in [6.07, 6.45) is 1.18. The molecule has 0 fully saturated rings. The second kappa shape index (κ2) is 7.30. The third-order valence-corrected chi connectivity index (χ3v) is 2.74. The number of benzene rings is 2. The average Bonchev–Trinajstić information content (AvgIpc) is 2.49. The molecule has 0 aromatic heterocycles. The summed E-state index contributed by atoms with van der Waals surface area (Å²) in [6, 6.07) is 5.63. The lowest BCUT2D eigenvalue weighted by atomic mass is 10.2. The minimum absolute atomic E-state index is 0.0209. The topological polar surface area (TPSA) is 76.7 Å². The van der Waals surface area contributed by atoms with E-state index in [0.29, 0.717) is 5.56 Å². The zero-order valence-electron chi connectivity index (χ0n) is 11.7. The van der Waals surface area contributed by atoms with E-state index in [1.54, 1.807) is 0 Å². The number of halogens is 3. The van der Waals surface area contributed by atoms with Gasteiger partial charge in [0.2, 0.25) is 0 Å². The van der Waals surface area contributed by atoms with Crippen LogP contribution in [0.3, 0.4) is 0 Å². The van der Waals surface area contributed by atoms with Gasteiger partial charge in [-0.25, -0.2) is 23.4 Å². The molecule has 0 heterocycles. The number of hydrogen-bond donors (Lipinski definition) is 2. The lowest BCUT2D eigenvalue weighted by molar-refractivity contribution is 0.249. The van der Waals surface area contributed by atoms with E-state index in [-0.39, 0.29) is 17.9 Å². The summed E-state index contributed by atoms with van der Waals surface area (Å²) < 4.78 is 45.3. The monoisotopic (exact) mass is 323 g/mol. The molecular weight excluding hydrogens is 311 g/mol. The molecule has 5 nitrogen and oxygen atoms in total. The van der Waals surface area contributed by atoms with Crippen molar-refractivity contribution in [2.45, 2.75) is 6.61 Å². The highest BCUT2D eigenvalue weighted by atomic mass is 19.1. The second-order valence-electron chi connectivity index (χ2n) is 4.44. The van der Waals surface area contributed by atoms with Crippen LogP contribution in [0.1, 0.15) is 11.1 Å². The van der Waals surface area contributed by atoms with Crippen LogP contribution < -0.4 is 15.9 Å². The summed E-state index contributed by atoms with van der Waals surface area (Å²) in [7, 11) is 0. The number of nitrogens with two attached hydrogens (primary N) is 1. The van der Waals surface area contributed by atoms with E-state index in [0.717, 1.165) is 30.3 Å². The molecule has 2 aromatic carbocycles.